The van der Waals surface area contributed by atoms with Crippen LogP contribution in [0, 0.1) is 11.8 Å². The van der Waals surface area contributed by atoms with Crippen molar-refractivity contribution in [3.05, 3.63) is 0 Å². The lowest BCUT2D eigenvalue weighted by atomic mass is 9.78. The fourth-order valence-electron chi connectivity index (χ4n) is 3.49. The topological polar surface area (TPSA) is 35.5 Å². The molecule has 0 aromatic heterocycles. The number of hydrogen-bond acceptors (Lipinski definition) is 3. The Morgan fingerprint density at radius 2 is 1.89 bits per heavy atom. The third-order valence-corrected chi connectivity index (χ3v) is 4.99. The van der Waals surface area contributed by atoms with Crippen LogP contribution in [0.5, 0.6) is 0 Å². The first-order chi connectivity index (χ1) is 8.66. The summed E-state index contributed by atoms with van der Waals surface area (Å²) < 4.78 is 0. The van der Waals surface area contributed by atoms with Crippen LogP contribution >= 0.6 is 0 Å². The maximum atomic E-state index is 10.1. The van der Waals surface area contributed by atoms with Crippen molar-refractivity contribution in [3.8, 4) is 0 Å². The molecule has 2 aliphatic rings. The average molecular weight is 254 g/mol. The van der Waals surface area contributed by atoms with E-state index < -0.39 is 0 Å². The Balaban J connectivity index is 1.66. The van der Waals surface area contributed by atoms with Gasteiger partial charge in [-0.05, 0) is 44.2 Å². The molecule has 0 spiro atoms. The number of nitrogens with one attached hydrogen (secondary N) is 1. The van der Waals surface area contributed by atoms with Crippen molar-refractivity contribution in [3.63, 3.8) is 0 Å². The van der Waals surface area contributed by atoms with Crippen LogP contribution in [0.3, 0.4) is 0 Å². The van der Waals surface area contributed by atoms with Gasteiger partial charge < -0.3 is 15.3 Å². The summed E-state index contributed by atoms with van der Waals surface area (Å²) in [5.74, 6) is 1.57. The summed E-state index contributed by atoms with van der Waals surface area (Å²) in [5, 5.41) is 13.7. The summed E-state index contributed by atoms with van der Waals surface area (Å²) in [5.41, 5.74) is 0. The summed E-state index contributed by atoms with van der Waals surface area (Å²) in [7, 11) is 0. The Labute approximate surface area is 112 Å². The van der Waals surface area contributed by atoms with E-state index in [1.54, 1.807) is 0 Å². The largest absolute Gasteiger partial charge is 0.390 e. The van der Waals surface area contributed by atoms with Gasteiger partial charge in [0.1, 0.15) is 0 Å². The third-order valence-electron chi connectivity index (χ3n) is 4.99. The summed E-state index contributed by atoms with van der Waals surface area (Å²) in [4.78, 5) is 2.39. The molecule has 18 heavy (non-hydrogen) atoms. The van der Waals surface area contributed by atoms with E-state index in [0.717, 1.165) is 24.9 Å². The Bertz CT molecular complexity index is 241. The first kappa shape index (κ1) is 14.3. The van der Waals surface area contributed by atoms with Crippen LogP contribution in [-0.2, 0) is 0 Å². The van der Waals surface area contributed by atoms with Crippen LogP contribution in [-0.4, -0.2) is 48.3 Å². The maximum absolute atomic E-state index is 10.1. The predicted octanol–water partition coefficient (Wildman–Crippen LogP) is 1.86. The first-order valence-corrected chi connectivity index (χ1v) is 7.80. The monoisotopic (exact) mass is 254 g/mol. The number of aliphatic hydroxyl groups is 1. The van der Waals surface area contributed by atoms with Gasteiger partial charge in [0.05, 0.1) is 6.10 Å². The molecule has 3 nitrogen and oxygen atoms in total. The van der Waals surface area contributed by atoms with Gasteiger partial charge in [-0.15, -0.1) is 0 Å². The van der Waals surface area contributed by atoms with E-state index in [2.05, 4.69) is 24.1 Å². The van der Waals surface area contributed by atoms with Crippen LogP contribution in [0.1, 0.15) is 46.0 Å². The van der Waals surface area contributed by atoms with E-state index in [0.29, 0.717) is 6.04 Å². The van der Waals surface area contributed by atoms with Gasteiger partial charge in [-0.25, -0.2) is 0 Å². The quantitative estimate of drug-likeness (QED) is 0.786. The SMILES string of the molecule is CC1CCCC(NCC(O)CN2CCCC2)C1C. The fourth-order valence-corrected chi connectivity index (χ4v) is 3.49. The normalized spacial score (nSPS) is 35.8. The smallest absolute Gasteiger partial charge is 0.0791 e. The van der Waals surface area contributed by atoms with Crippen molar-refractivity contribution in [1.82, 2.24) is 10.2 Å². The second-order valence-corrected chi connectivity index (χ2v) is 6.44. The van der Waals surface area contributed by atoms with Crippen molar-refractivity contribution in [1.29, 1.82) is 0 Å². The molecular formula is C15H30N2O. The molecule has 1 saturated carbocycles. The number of hydrogen-bond donors (Lipinski definition) is 2. The number of aliphatic hydroxyl groups excluding tert-OH is 1. The van der Waals surface area contributed by atoms with Crippen molar-refractivity contribution in [2.24, 2.45) is 11.8 Å². The van der Waals surface area contributed by atoms with Crippen molar-refractivity contribution in [2.75, 3.05) is 26.2 Å². The third kappa shape index (κ3) is 3.94. The zero-order valence-electron chi connectivity index (χ0n) is 12.1. The van der Waals surface area contributed by atoms with Gasteiger partial charge in [-0.2, -0.15) is 0 Å². The zero-order valence-corrected chi connectivity index (χ0v) is 12.1. The van der Waals surface area contributed by atoms with Crippen molar-refractivity contribution < 1.29 is 5.11 Å². The highest BCUT2D eigenvalue weighted by atomic mass is 16.3. The summed E-state index contributed by atoms with van der Waals surface area (Å²) >= 11 is 0. The highest BCUT2D eigenvalue weighted by Crippen LogP contribution is 2.29. The second kappa shape index (κ2) is 6.88. The Kier molecular flexibility index (Phi) is 5.46. The van der Waals surface area contributed by atoms with Crippen LogP contribution in [0.15, 0.2) is 0 Å². The lowest BCUT2D eigenvalue weighted by molar-refractivity contribution is 0.109. The Morgan fingerprint density at radius 1 is 1.17 bits per heavy atom. The van der Waals surface area contributed by atoms with Gasteiger partial charge in [-0.3, -0.25) is 0 Å². The standard InChI is InChI=1S/C15H30N2O/c1-12-6-5-7-15(13(12)2)16-10-14(18)11-17-8-3-4-9-17/h12-16,18H,3-11H2,1-2H3. The van der Waals surface area contributed by atoms with Crippen LogP contribution in [0.2, 0.25) is 0 Å². The highest BCUT2D eigenvalue weighted by molar-refractivity contribution is 4.83. The van der Waals surface area contributed by atoms with Gasteiger partial charge in [0, 0.05) is 19.1 Å². The number of nitrogens with zero attached hydrogens (tertiary/aromatic N) is 1. The highest BCUT2D eigenvalue weighted by Gasteiger charge is 2.27. The predicted molar refractivity (Wildman–Crippen MR) is 75.7 cm³/mol. The zero-order chi connectivity index (χ0) is 13.0. The van der Waals surface area contributed by atoms with Crippen LogP contribution in [0.4, 0.5) is 0 Å². The molecule has 1 aliphatic heterocycles. The molecule has 0 bridgehead atoms. The molecule has 2 rings (SSSR count). The molecule has 4 unspecified atom stereocenters. The molecule has 1 saturated heterocycles. The Hall–Kier alpha value is -0.120. The number of rotatable bonds is 5. The van der Waals surface area contributed by atoms with Gasteiger partial charge in [0.25, 0.3) is 0 Å². The molecular weight excluding hydrogens is 224 g/mol. The number of β-amino-alcohol motifs (C(OH)–C–C–N with tert-alkyl or cyclic N) is 1. The van der Waals surface area contributed by atoms with E-state index in [1.165, 1.54) is 45.2 Å². The molecule has 0 aromatic rings. The minimum absolute atomic E-state index is 0.201. The Morgan fingerprint density at radius 3 is 2.61 bits per heavy atom. The van der Waals surface area contributed by atoms with Gasteiger partial charge in [-0.1, -0.05) is 26.7 Å². The average Bonchev–Trinajstić information content (AvgIpc) is 2.84. The molecule has 0 radical (unpaired) electrons. The van der Waals surface area contributed by atoms with E-state index in [-0.39, 0.29) is 6.10 Å². The van der Waals surface area contributed by atoms with Gasteiger partial charge in [0.2, 0.25) is 0 Å². The number of likely N-dealkylation sites (tertiary alicyclic amines) is 1. The van der Waals surface area contributed by atoms with Gasteiger partial charge in [0.15, 0.2) is 0 Å². The minimum Gasteiger partial charge on any atom is -0.390 e. The lowest BCUT2D eigenvalue weighted by Gasteiger charge is -2.35. The van der Waals surface area contributed by atoms with Crippen molar-refractivity contribution >= 4 is 0 Å². The maximum Gasteiger partial charge on any atom is 0.0791 e. The molecule has 0 amide bonds. The summed E-state index contributed by atoms with van der Waals surface area (Å²) in [6.45, 7) is 8.68. The molecule has 0 aromatic carbocycles. The fraction of sp³-hybridized carbons (Fsp3) is 1.00. The molecule has 2 N–H and O–H groups in total. The molecule has 1 heterocycles. The second-order valence-electron chi connectivity index (χ2n) is 6.44. The lowest BCUT2D eigenvalue weighted by Crippen LogP contribution is -2.45. The summed E-state index contributed by atoms with van der Waals surface area (Å²) in [6.07, 6.45) is 6.39. The first-order valence-electron chi connectivity index (χ1n) is 7.80. The van der Waals surface area contributed by atoms with E-state index in [1.807, 2.05) is 0 Å². The molecule has 1 aliphatic carbocycles. The van der Waals surface area contributed by atoms with Gasteiger partial charge >= 0.3 is 0 Å². The molecule has 4 atom stereocenters. The van der Waals surface area contributed by atoms with Crippen LogP contribution < -0.4 is 5.32 Å². The molecule has 106 valence electrons. The van der Waals surface area contributed by atoms with E-state index in [4.69, 9.17) is 0 Å². The van der Waals surface area contributed by atoms with Crippen LogP contribution in [0.25, 0.3) is 0 Å². The summed E-state index contributed by atoms with van der Waals surface area (Å²) in [6, 6.07) is 0.613. The molecule has 3 heteroatoms. The van der Waals surface area contributed by atoms with Crippen molar-refractivity contribution in [2.45, 2.75) is 58.1 Å². The van der Waals surface area contributed by atoms with E-state index >= 15 is 0 Å². The van der Waals surface area contributed by atoms with E-state index in [9.17, 15) is 5.11 Å². The molecule has 2 fully saturated rings. The minimum atomic E-state index is -0.201.